The topological polar surface area (TPSA) is 52.4 Å². The molecule has 7 heteroatoms. The highest BCUT2D eigenvalue weighted by Gasteiger charge is 2.17. The minimum absolute atomic E-state index is 0.134. The lowest BCUT2D eigenvalue weighted by atomic mass is 10.2. The Morgan fingerprint density at radius 3 is 2.50 bits per heavy atom. The Morgan fingerprint density at radius 1 is 1.20 bits per heavy atom. The highest BCUT2D eigenvalue weighted by Crippen LogP contribution is 2.36. The number of halogens is 3. The van der Waals surface area contributed by atoms with Gasteiger partial charge in [0.25, 0.3) is 0 Å². The Hall–Kier alpha value is -1.30. The monoisotopic (exact) mass is 375 g/mol. The van der Waals surface area contributed by atoms with Gasteiger partial charge in [-0.1, -0.05) is 17.7 Å². The molecule has 0 saturated heterocycles. The first-order chi connectivity index (χ1) is 9.51. The number of nitrogens with zero attached hydrogens (tertiary/aromatic N) is 1. The highest BCUT2D eigenvalue weighted by atomic mass is 79.9. The first kappa shape index (κ1) is 15.1. The van der Waals surface area contributed by atoms with Crippen molar-refractivity contribution in [3.05, 3.63) is 61.6 Å². The summed E-state index contributed by atoms with van der Waals surface area (Å²) in [6.07, 6.45) is 0. The number of benzene rings is 2. The van der Waals surface area contributed by atoms with E-state index in [4.69, 9.17) is 27.9 Å². The van der Waals surface area contributed by atoms with Gasteiger partial charge in [-0.15, -0.1) is 11.6 Å². The van der Waals surface area contributed by atoms with Crippen molar-refractivity contribution in [1.29, 1.82) is 0 Å². The van der Waals surface area contributed by atoms with Gasteiger partial charge in [-0.2, -0.15) is 0 Å². The van der Waals surface area contributed by atoms with Crippen molar-refractivity contribution in [3.63, 3.8) is 0 Å². The van der Waals surface area contributed by atoms with Crippen molar-refractivity contribution < 1.29 is 9.66 Å². The van der Waals surface area contributed by atoms with Gasteiger partial charge >= 0.3 is 5.69 Å². The largest absolute Gasteiger partial charge is 0.449 e. The van der Waals surface area contributed by atoms with Gasteiger partial charge < -0.3 is 4.74 Å². The number of nitro benzene ring substituents is 1. The molecule has 2 aromatic carbocycles. The molecule has 0 atom stereocenters. The molecular formula is C13H8BrCl2NO3. The standard InChI is InChI=1S/C13H8BrCl2NO3/c14-10-6-9(16)2-4-12(10)20-13-3-1-8(7-15)5-11(13)17(18)19/h1-6H,7H2. The van der Waals surface area contributed by atoms with Gasteiger partial charge in [0, 0.05) is 17.0 Å². The molecule has 0 aliphatic rings. The summed E-state index contributed by atoms with van der Waals surface area (Å²) in [6.45, 7) is 0. The minimum Gasteiger partial charge on any atom is -0.449 e. The molecule has 0 saturated carbocycles. The fraction of sp³-hybridized carbons (Fsp3) is 0.0769. The van der Waals surface area contributed by atoms with E-state index in [0.29, 0.717) is 20.8 Å². The molecule has 0 unspecified atom stereocenters. The van der Waals surface area contributed by atoms with Gasteiger partial charge in [-0.25, -0.2) is 0 Å². The van der Waals surface area contributed by atoms with E-state index in [-0.39, 0.29) is 17.3 Å². The van der Waals surface area contributed by atoms with E-state index in [9.17, 15) is 10.1 Å². The van der Waals surface area contributed by atoms with Gasteiger partial charge in [-0.05, 0) is 45.8 Å². The first-order valence-corrected chi connectivity index (χ1v) is 7.18. The maximum Gasteiger partial charge on any atom is 0.311 e. The number of rotatable bonds is 4. The lowest BCUT2D eigenvalue weighted by molar-refractivity contribution is -0.385. The second-order valence-corrected chi connectivity index (χ2v) is 5.43. The van der Waals surface area contributed by atoms with Crippen LogP contribution in [0.3, 0.4) is 0 Å². The van der Waals surface area contributed by atoms with E-state index in [1.165, 1.54) is 12.1 Å². The fourth-order valence-corrected chi connectivity index (χ4v) is 2.48. The van der Waals surface area contributed by atoms with E-state index >= 15 is 0 Å². The van der Waals surface area contributed by atoms with E-state index in [2.05, 4.69) is 15.9 Å². The molecule has 0 aliphatic carbocycles. The molecule has 2 aromatic rings. The van der Waals surface area contributed by atoms with Crippen molar-refractivity contribution in [3.8, 4) is 11.5 Å². The zero-order chi connectivity index (χ0) is 14.7. The second-order valence-electron chi connectivity index (χ2n) is 3.87. The van der Waals surface area contributed by atoms with Crippen LogP contribution in [0.15, 0.2) is 40.9 Å². The summed E-state index contributed by atoms with van der Waals surface area (Å²) in [4.78, 5) is 10.6. The molecular weight excluding hydrogens is 369 g/mol. The number of nitro groups is 1. The molecule has 0 amide bonds. The zero-order valence-electron chi connectivity index (χ0n) is 9.98. The van der Waals surface area contributed by atoms with Crippen LogP contribution in [0.1, 0.15) is 5.56 Å². The fourth-order valence-electron chi connectivity index (χ4n) is 1.55. The summed E-state index contributed by atoms with van der Waals surface area (Å²) in [7, 11) is 0. The Balaban J connectivity index is 2.40. The van der Waals surface area contributed by atoms with Crippen LogP contribution < -0.4 is 4.74 Å². The predicted octanol–water partition coefficient (Wildman–Crippen LogP) is 5.54. The smallest absolute Gasteiger partial charge is 0.311 e. The Kier molecular flexibility index (Phi) is 4.86. The van der Waals surface area contributed by atoms with Crippen LogP contribution in [-0.2, 0) is 5.88 Å². The first-order valence-electron chi connectivity index (χ1n) is 5.47. The molecule has 0 heterocycles. The predicted molar refractivity (Wildman–Crippen MR) is 81.9 cm³/mol. The Labute approximate surface area is 133 Å². The van der Waals surface area contributed by atoms with Crippen molar-refractivity contribution in [2.75, 3.05) is 0 Å². The van der Waals surface area contributed by atoms with Gasteiger partial charge in [0.1, 0.15) is 5.75 Å². The number of hydrogen-bond acceptors (Lipinski definition) is 3. The highest BCUT2D eigenvalue weighted by molar-refractivity contribution is 9.10. The zero-order valence-corrected chi connectivity index (χ0v) is 13.1. The lowest BCUT2D eigenvalue weighted by Gasteiger charge is -2.09. The summed E-state index contributed by atoms with van der Waals surface area (Å²) in [5.74, 6) is 0.786. The molecule has 4 nitrogen and oxygen atoms in total. The van der Waals surface area contributed by atoms with Crippen LogP contribution in [0.4, 0.5) is 5.69 Å². The molecule has 2 rings (SSSR count). The van der Waals surface area contributed by atoms with E-state index in [0.717, 1.165) is 0 Å². The Bertz CT molecular complexity index is 664. The molecule has 0 radical (unpaired) electrons. The van der Waals surface area contributed by atoms with Crippen LogP contribution >= 0.6 is 39.1 Å². The Morgan fingerprint density at radius 2 is 1.90 bits per heavy atom. The summed E-state index contributed by atoms with van der Waals surface area (Å²) in [6, 6.07) is 9.52. The maximum absolute atomic E-state index is 11.1. The SMILES string of the molecule is O=[N+]([O-])c1cc(CCl)ccc1Oc1ccc(Cl)cc1Br. The quantitative estimate of drug-likeness (QED) is 0.399. The van der Waals surface area contributed by atoms with Crippen LogP contribution in [0.2, 0.25) is 5.02 Å². The van der Waals surface area contributed by atoms with Crippen molar-refractivity contribution >= 4 is 44.8 Å². The van der Waals surface area contributed by atoms with Crippen LogP contribution in [0, 0.1) is 10.1 Å². The summed E-state index contributed by atoms with van der Waals surface area (Å²) in [5, 5.41) is 11.6. The number of alkyl halides is 1. The van der Waals surface area contributed by atoms with Gasteiger partial charge in [0.15, 0.2) is 0 Å². The summed E-state index contributed by atoms with van der Waals surface area (Å²) < 4.78 is 6.18. The lowest BCUT2D eigenvalue weighted by Crippen LogP contribution is -1.95. The molecule has 0 spiro atoms. The average Bonchev–Trinajstić information content (AvgIpc) is 2.42. The van der Waals surface area contributed by atoms with Gasteiger partial charge in [0.2, 0.25) is 5.75 Å². The maximum atomic E-state index is 11.1. The molecule has 0 fully saturated rings. The van der Waals surface area contributed by atoms with Crippen molar-refractivity contribution in [2.45, 2.75) is 5.88 Å². The summed E-state index contributed by atoms with van der Waals surface area (Å²) >= 11 is 14.8. The van der Waals surface area contributed by atoms with E-state index in [1.807, 2.05) is 0 Å². The third-order valence-corrected chi connectivity index (χ3v) is 3.65. The van der Waals surface area contributed by atoms with Crippen molar-refractivity contribution in [2.24, 2.45) is 0 Å². The normalized spacial score (nSPS) is 10.3. The average molecular weight is 377 g/mol. The molecule has 0 bridgehead atoms. The molecule has 104 valence electrons. The van der Waals surface area contributed by atoms with E-state index in [1.54, 1.807) is 24.3 Å². The van der Waals surface area contributed by atoms with Crippen LogP contribution in [-0.4, -0.2) is 4.92 Å². The van der Waals surface area contributed by atoms with Crippen LogP contribution in [0.25, 0.3) is 0 Å². The molecule has 0 aliphatic heterocycles. The third kappa shape index (κ3) is 3.42. The summed E-state index contributed by atoms with van der Waals surface area (Å²) in [5.41, 5.74) is 0.519. The van der Waals surface area contributed by atoms with Crippen LogP contribution in [0.5, 0.6) is 11.5 Å². The molecule has 20 heavy (non-hydrogen) atoms. The number of ether oxygens (including phenoxy) is 1. The van der Waals surface area contributed by atoms with Gasteiger partial charge in [0.05, 0.1) is 9.40 Å². The van der Waals surface area contributed by atoms with Gasteiger partial charge in [-0.3, -0.25) is 10.1 Å². The second kappa shape index (κ2) is 6.43. The number of hydrogen-bond donors (Lipinski definition) is 0. The third-order valence-electron chi connectivity index (χ3n) is 2.49. The molecule has 0 aromatic heterocycles. The minimum atomic E-state index is -0.505. The van der Waals surface area contributed by atoms with Crippen molar-refractivity contribution in [1.82, 2.24) is 0 Å². The van der Waals surface area contributed by atoms with E-state index < -0.39 is 4.92 Å². The molecule has 0 N–H and O–H groups in total.